The maximum absolute atomic E-state index is 12.4. The van der Waals surface area contributed by atoms with E-state index in [0.717, 1.165) is 12.0 Å². The first-order valence-electron chi connectivity index (χ1n) is 8.84. The summed E-state index contributed by atoms with van der Waals surface area (Å²) in [6, 6.07) is 8.68. The largest absolute Gasteiger partial charge is 0.490 e. The summed E-state index contributed by atoms with van der Waals surface area (Å²) in [5.74, 6) is 1.43. The van der Waals surface area contributed by atoms with E-state index in [4.69, 9.17) is 14.2 Å². The van der Waals surface area contributed by atoms with Crippen LogP contribution in [0.2, 0.25) is 0 Å². The van der Waals surface area contributed by atoms with Gasteiger partial charge in [0.2, 0.25) is 11.8 Å². The summed E-state index contributed by atoms with van der Waals surface area (Å²) in [5, 5.41) is 2.80. The number of benzene rings is 1. The molecule has 1 aromatic heterocycles. The van der Waals surface area contributed by atoms with Crippen LogP contribution < -0.4 is 19.5 Å². The molecule has 7 heteroatoms. The van der Waals surface area contributed by atoms with Gasteiger partial charge in [0.15, 0.2) is 17.3 Å². The Labute approximate surface area is 157 Å². The van der Waals surface area contributed by atoms with E-state index in [9.17, 15) is 9.59 Å². The Balaban J connectivity index is 1.49. The van der Waals surface area contributed by atoms with Crippen molar-refractivity contribution < 1.29 is 23.8 Å². The number of carbonyl (C=O) groups excluding carboxylic acids is 2. The number of pyridine rings is 1. The molecule has 1 aromatic carbocycles. The third-order valence-electron chi connectivity index (χ3n) is 4.15. The monoisotopic (exact) mass is 370 g/mol. The summed E-state index contributed by atoms with van der Waals surface area (Å²) in [7, 11) is 1.54. The molecule has 0 aliphatic carbocycles. The number of methoxy groups -OCH3 is 1. The van der Waals surface area contributed by atoms with Gasteiger partial charge in [0.05, 0.1) is 20.3 Å². The number of aromatic nitrogens is 1. The maximum atomic E-state index is 12.4. The molecule has 1 amide bonds. The smallest absolute Gasteiger partial charge is 0.220 e. The molecule has 0 spiro atoms. The van der Waals surface area contributed by atoms with Crippen molar-refractivity contribution in [1.82, 2.24) is 10.3 Å². The first kappa shape index (κ1) is 18.7. The van der Waals surface area contributed by atoms with Crippen LogP contribution in [0.1, 0.15) is 35.2 Å². The lowest BCUT2D eigenvalue weighted by Crippen LogP contribution is -2.23. The zero-order valence-corrected chi connectivity index (χ0v) is 15.2. The molecule has 2 heterocycles. The van der Waals surface area contributed by atoms with E-state index in [-0.39, 0.29) is 24.5 Å². The van der Waals surface area contributed by atoms with Crippen LogP contribution >= 0.6 is 0 Å². The van der Waals surface area contributed by atoms with Crippen molar-refractivity contribution in [2.45, 2.75) is 25.8 Å². The molecule has 0 saturated carbocycles. The van der Waals surface area contributed by atoms with E-state index in [1.54, 1.807) is 36.5 Å². The van der Waals surface area contributed by atoms with Crippen molar-refractivity contribution in [3.05, 3.63) is 47.7 Å². The van der Waals surface area contributed by atoms with Gasteiger partial charge in [-0.05, 0) is 29.8 Å². The first-order chi connectivity index (χ1) is 13.2. The van der Waals surface area contributed by atoms with E-state index in [0.29, 0.717) is 42.7 Å². The summed E-state index contributed by atoms with van der Waals surface area (Å²) in [6.45, 7) is 1.52. The van der Waals surface area contributed by atoms with E-state index in [1.807, 2.05) is 0 Å². The number of ketones is 1. The zero-order valence-electron chi connectivity index (χ0n) is 15.2. The van der Waals surface area contributed by atoms with E-state index in [2.05, 4.69) is 10.3 Å². The molecule has 1 aliphatic heterocycles. The number of fused-ring (bicyclic) bond motifs is 1. The van der Waals surface area contributed by atoms with Crippen LogP contribution in [-0.4, -0.2) is 37.0 Å². The molecular formula is C20H22N2O5. The second-order valence-corrected chi connectivity index (χ2v) is 6.12. The highest BCUT2D eigenvalue weighted by molar-refractivity contribution is 5.98. The maximum Gasteiger partial charge on any atom is 0.220 e. The third-order valence-corrected chi connectivity index (χ3v) is 4.15. The SMILES string of the molecule is COc1cc(CNC(=O)CCC(=O)c2ccc3c(c2)OCCCO3)ccn1. The summed E-state index contributed by atoms with van der Waals surface area (Å²) in [4.78, 5) is 28.4. The predicted molar refractivity (Wildman–Crippen MR) is 98.2 cm³/mol. The minimum Gasteiger partial charge on any atom is -0.490 e. The van der Waals surface area contributed by atoms with E-state index in [1.165, 1.54) is 7.11 Å². The molecule has 2 aromatic rings. The van der Waals surface area contributed by atoms with Crippen LogP contribution in [0.25, 0.3) is 0 Å². The molecule has 0 radical (unpaired) electrons. The molecule has 1 aliphatic rings. The highest BCUT2D eigenvalue weighted by atomic mass is 16.5. The number of carbonyl (C=O) groups is 2. The Hall–Kier alpha value is -3.09. The number of Topliss-reactive ketones (excluding diaryl/α,β-unsaturated/α-hetero) is 1. The van der Waals surface area contributed by atoms with E-state index < -0.39 is 0 Å². The Bertz CT molecular complexity index is 822. The van der Waals surface area contributed by atoms with Crippen molar-refractivity contribution in [2.75, 3.05) is 20.3 Å². The predicted octanol–water partition coefficient (Wildman–Crippen LogP) is 2.53. The van der Waals surface area contributed by atoms with Gasteiger partial charge in [0.25, 0.3) is 0 Å². The topological polar surface area (TPSA) is 86.8 Å². The van der Waals surface area contributed by atoms with Crippen LogP contribution in [0.3, 0.4) is 0 Å². The zero-order chi connectivity index (χ0) is 19.1. The summed E-state index contributed by atoms with van der Waals surface area (Å²) >= 11 is 0. The number of ether oxygens (including phenoxy) is 3. The first-order valence-corrected chi connectivity index (χ1v) is 8.84. The van der Waals surface area contributed by atoms with Crippen molar-refractivity contribution >= 4 is 11.7 Å². The fourth-order valence-corrected chi connectivity index (χ4v) is 2.67. The molecule has 0 bridgehead atoms. The quantitative estimate of drug-likeness (QED) is 0.754. The molecule has 7 nitrogen and oxygen atoms in total. The molecule has 27 heavy (non-hydrogen) atoms. The molecule has 0 fully saturated rings. The highest BCUT2D eigenvalue weighted by Gasteiger charge is 2.15. The average Bonchev–Trinajstić information content (AvgIpc) is 2.95. The Kier molecular flexibility index (Phi) is 6.25. The van der Waals surface area contributed by atoms with Gasteiger partial charge in [0, 0.05) is 43.6 Å². The van der Waals surface area contributed by atoms with E-state index >= 15 is 0 Å². The standard InChI is InChI=1S/C20H22N2O5/c1-25-20-11-14(7-8-21-20)13-22-19(24)6-4-16(23)15-3-5-17-18(12-15)27-10-2-9-26-17/h3,5,7-8,11-12H,2,4,6,9-10,13H2,1H3,(H,22,24). The van der Waals surface area contributed by atoms with Gasteiger partial charge < -0.3 is 19.5 Å². The number of rotatable bonds is 7. The molecule has 0 unspecified atom stereocenters. The van der Waals surface area contributed by atoms with Gasteiger partial charge in [0.1, 0.15) is 0 Å². The molecule has 0 saturated heterocycles. The van der Waals surface area contributed by atoms with Crippen LogP contribution in [0.15, 0.2) is 36.5 Å². The molecule has 142 valence electrons. The number of hydrogen-bond acceptors (Lipinski definition) is 6. The fourth-order valence-electron chi connectivity index (χ4n) is 2.67. The van der Waals surface area contributed by atoms with Gasteiger partial charge in [-0.2, -0.15) is 0 Å². The summed E-state index contributed by atoms with van der Waals surface area (Å²) < 4.78 is 16.2. The Morgan fingerprint density at radius 3 is 2.74 bits per heavy atom. The van der Waals surface area contributed by atoms with Crippen molar-refractivity contribution in [3.8, 4) is 17.4 Å². The average molecular weight is 370 g/mol. The van der Waals surface area contributed by atoms with Crippen LogP contribution in [-0.2, 0) is 11.3 Å². The molecule has 3 rings (SSSR count). The highest BCUT2D eigenvalue weighted by Crippen LogP contribution is 2.30. The minimum atomic E-state index is -0.187. The fraction of sp³-hybridized carbons (Fsp3) is 0.350. The van der Waals surface area contributed by atoms with Crippen molar-refractivity contribution in [3.63, 3.8) is 0 Å². The van der Waals surface area contributed by atoms with Gasteiger partial charge in [-0.1, -0.05) is 0 Å². The van der Waals surface area contributed by atoms with Gasteiger partial charge in [-0.15, -0.1) is 0 Å². The molecule has 1 N–H and O–H groups in total. The van der Waals surface area contributed by atoms with Gasteiger partial charge >= 0.3 is 0 Å². The normalized spacial score (nSPS) is 12.8. The minimum absolute atomic E-state index is 0.105. The van der Waals surface area contributed by atoms with Crippen molar-refractivity contribution in [1.29, 1.82) is 0 Å². The van der Waals surface area contributed by atoms with Crippen LogP contribution in [0.4, 0.5) is 0 Å². The second-order valence-electron chi connectivity index (χ2n) is 6.12. The van der Waals surface area contributed by atoms with Gasteiger partial charge in [-0.3, -0.25) is 9.59 Å². The summed E-state index contributed by atoms with van der Waals surface area (Å²) in [5.41, 5.74) is 1.40. The number of hydrogen-bond donors (Lipinski definition) is 1. The number of nitrogens with zero attached hydrogens (tertiary/aromatic N) is 1. The Morgan fingerprint density at radius 2 is 1.93 bits per heavy atom. The van der Waals surface area contributed by atoms with Gasteiger partial charge in [-0.25, -0.2) is 4.98 Å². The third kappa shape index (κ3) is 5.20. The van der Waals surface area contributed by atoms with Crippen molar-refractivity contribution in [2.24, 2.45) is 0 Å². The lowest BCUT2D eigenvalue weighted by molar-refractivity contribution is -0.121. The number of nitrogens with one attached hydrogen (secondary N) is 1. The van der Waals surface area contributed by atoms with Crippen LogP contribution in [0.5, 0.6) is 17.4 Å². The second kappa shape index (κ2) is 9.02. The molecular weight excluding hydrogens is 348 g/mol. The van der Waals surface area contributed by atoms with Crippen LogP contribution in [0, 0.1) is 0 Å². The lowest BCUT2D eigenvalue weighted by atomic mass is 10.1. The summed E-state index contributed by atoms with van der Waals surface area (Å²) in [6.07, 6.45) is 2.68. The molecule has 0 atom stereocenters. The number of amides is 1. The Morgan fingerprint density at radius 1 is 1.11 bits per heavy atom. The lowest BCUT2D eigenvalue weighted by Gasteiger charge is -2.09.